The van der Waals surface area contributed by atoms with E-state index in [-0.39, 0.29) is 11.4 Å². The summed E-state index contributed by atoms with van der Waals surface area (Å²) in [5.74, 6) is -0.401. The van der Waals surface area contributed by atoms with Gasteiger partial charge < -0.3 is 15.6 Å². The Kier molecular flexibility index (Phi) is 4.95. The van der Waals surface area contributed by atoms with Crippen molar-refractivity contribution in [2.75, 3.05) is 6.61 Å². The number of aliphatic hydroxyl groups excluding tert-OH is 1. The molecule has 0 aliphatic rings. The van der Waals surface area contributed by atoms with Gasteiger partial charge in [0.25, 0.3) is 5.69 Å². The SMILES string of the molecule is CC(=O)NC(CO)C(=NO)c1ccc([N+](=O)[O-])cc1. The van der Waals surface area contributed by atoms with Crippen molar-refractivity contribution in [2.24, 2.45) is 5.16 Å². The minimum absolute atomic E-state index is 0.0209. The predicted molar refractivity (Wildman–Crippen MR) is 66.1 cm³/mol. The monoisotopic (exact) mass is 267 g/mol. The lowest BCUT2D eigenvalue weighted by atomic mass is 10.0. The first kappa shape index (κ1) is 14.6. The molecule has 0 saturated carbocycles. The highest BCUT2D eigenvalue weighted by Crippen LogP contribution is 2.13. The fourth-order valence-corrected chi connectivity index (χ4v) is 1.53. The first-order valence-corrected chi connectivity index (χ1v) is 5.34. The lowest BCUT2D eigenvalue weighted by Crippen LogP contribution is -2.42. The zero-order valence-electron chi connectivity index (χ0n) is 10.1. The maximum Gasteiger partial charge on any atom is 0.269 e. The zero-order valence-corrected chi connectivity index (χ0v) is 10.1. The van der Waals surface area contributed by atoms with E-state index in [0.717, 1.165) is 0 Å². The van der Waals surface area contributed by atoms with Gasteiger partial charge in [-0.05, 0) is 12.1 Å². The number of nitrogens with one attached hydrogen (secondary N) is 1. The Bertz CT molecular complexity index is 498. The van der Waals surface area contributed by atoms with Crippen molar-refractivity contribution in [3.63, 3.8) is 0 Å². The van der Waals surface area contributed by atoms with E-state index >= 15 is 0 Å². The summed E-state index contributed by atoms with van der Waals surface area (Å²) < 4.78 is 0. The number of oxime groups is 1. The van der Waals surface area contributed by atoms with Gasteiger partial charge in [-0.2, -0.15) is 0 Å². The van der Waals surface area contributed by atoms with Gasteiger partial charge in [0.1, 0.15) is 5.71 Å². The average Bonchev–Trinajstić information content (AvgIpc) is 2.38. The number of nitro benzene ring substituents is 1. The van der Waals surface area contributed by atoms with Crippen molar-refractivity contribution in [3.8, 4) is 0 Å². The highest BCUT2D eigenvalue weighted by atomic mass is 16.6. The van der Waals surface area contributed by atoms with Crippen LogP contribution in [-0.4, -0.2) is 39.5 Å². The molecule has 8 nitrogen and oxygen atoms in total. The molecule has 0 bridgehead atoms. The molecular weight excluding hydrogens is 254 g/mol. The minimum atomic E-state index is -0.885. The van der Waals surface area contributed by atoms with Crippen LogP contribution in [-0.2, 0) is 4.79 Å². The van der Waals surface area contributed by atoms with Crippen molar-refractivity contribution in [3.05, 3.63) is 39.9 Å². The maximum atomic E-state index is 11.0. The summed E-state index contributed by atoms with van der Waals surface area (Å²) in [6, 6.07) is 4.34. The van der Waals surface area contributed by atoms with Crippen LogP contribution in [0, 0.1) is 10.1 Å². The first-order valence-electron chi connectivity index (χ1n) is 5.34. The molecule has 0 radical (unpaired) electrons. The third-order valence-electron chi connectivity index (χ3n) is 2.37. The Labute approximate surface area is 108 Å². The molecule has 1 amide bonds. The van der Waals surface area contributed by atoms with Gasteiger partial charge in [-0.25, -0.2) is 0 Å². The Balaban J connectivity index is 3.02. The van der Waals surface area contributed by atoms with Crippen molar-refractivity contribution in [2.45, 2.75) is 13.0 Å². The van der Waals surface area contributed by atoms with Crippen molar-refractivity contribution < 1.29 is 20.0 Å². The summed E-state index contributed by atoms with van der Waals surface area (Å²) in [7, 11) is 0. The molecule has 0 fully saturated rings. The summed E-state index contributed by atoms with van der Waals surface area (Å²) in [6.45, 7) is 0.795. The number of carbonyl (C=O) groups excluding carboxylic acids is 1. The molecule has 3 N–H and O–H groups in total. The molecule has 0 aromatic heterocycles. The van der Waals surface area contributed by atoms with Crippen molar-refractivity contribution in [1.29, 1.82) is 0 Å². The molecule has 1 aromatic carbocycles. The normalized spacial score (nSPS) is 12.8. The van der Waals surface area contributed by atoms with Crippen LogP contribution in [0.4, 0.5) is 5.69 Å². The molecular formula is C11H13N3O5. The molecule has 102 valence electrons. The second-order valence-corrected chi connectivity index (χ2v) is 3.72. The van der Waals surface area contributed by atoms with E-state index in [4.69, 9.17) is 10.3 Å². The van der Waals surface area contributed by atoms with E-state index < -0.39 is 23.5 Å². The van der Waals surface area contributed by atoms with Gasteiger partial charge in [0.05, 0.1) is 17.6 Å². The number of carbonyl (C=O) groups is 1. The Morgan fingerprint density at radius 1 is 1.47 bits per heavy atom. The Morgan fingerprint density at radius 3 is 2.42 bits per heavy atom. The van der Waals surface area contributed by atoms with Crippen LogP contribution in [0.1, 0.15) is 12.5 Å². The van der Waals surface area contributed by atoms with Crippen LogP contribution >= 0.6 is 0 Å². The molecule has 1 aromatic rings. The number of aliphatic hydroxyl groups is 1. The summed E-state index contributed by atoms with van der Waals surface area (Å²) in [5, 5.41) is 34.1. The minimum Gasteiger partial charge on any atom is -0.411 e. The molecule has 1 rings (SSSR count). The fourth-order valence-electron chi connectivity index (χ4n) is 1.53. The highest BCUT2D eigenvalue weighted by molar-refractivity contribution is 6.05. The molecule has 0 saturated heterocycles. The van der Waals surface area contributed by atoms with E-state index in [1.165, 1.54) is 31.2 Å². The standard InChI is InChI=1S/C11H13N3O5/c1-7(16)12-10(6-15)11(13-17)8-2-4-9(5-3-8)14(18)19/h2-5,10,15,17H,6H2,1H3,(H,12,16). The topological polar surface area (TPSA) is 125 Å². The second kappa shape index (κ2) is 6.45. The summed E-state index contributed by atoms with van der Waals surface area (Å²) in [4.78, 5) is 20.9. The zero-order chi connectivity index (χ0) is 14.4. The third kappa shape index (κ3) is 3.75. The number of non-ortho nitro benzene ring substituents is 1. The van der Waals surface area contributed by atoms with Crippen LogP contribution in [0.5, 0.6) is 0 Å². The Morgan fingerprint density at radius 2 is 2.05 bits per heavy atom. The average molecular weight is 267 g/mol. The van der Waals surface area contributed by atoms with Gasteiger partial charge in [-0.3, -0.25) is 14.9 Å². The van der Waals surface area contributed by atoms with Gasteiger partial charge in [-0.1, -0.05) is 5.16 Å². The number of hydrogen-bond acceptors (Lipinski definition) is 6. The first-order chi connectivity index (χ1) is 8.99. The molecule has 0 heterocycles. The van der Waals surface area contributed by atoms with Gasteiger partial charge in [0.2, 0.25) is 5.91 Å². The summed E-state index contributed by atoms with van der Waals surface area (Å²) >= 11 is 0. The number of rotatable bonds is 5. The lowest BCUT2D eigenvalue weighted by Gasteiger charge is -2.16. The maximum absolute atomic E-state index is 11.0. The van der Waals surface area contributed by atoms with E-state index in [2.05, 4.69) is 10.5 Å². The van der Waals surface area contributed by atoms with Crippen molar-refractivity contribution >= 4 is 17.3 Å². The summed E-state index contributed by atoms with van der Waals surface area (Å²) in [6.07, 6.45) is 0. The lowest BCUT2D eigenvalue weighted by molar-refractivity contribution is -0.384. The number of nitrogens with zero attached hydrogens (tertiary/aromatic N) is 2. The Hall–Kier alpha value is -2.48. The molecule has 0 spiro atoms. The van der Waals surface area contributed by atoms with E-state index in [1.807, 2.05) is 0 Å². The van der Waals surface area contributed by atoms with Crippen LogP contribution in [0.15, 0.2) is 29.4 Å². The fraction of sp³-hybridized carbons (Fsp3) is 0.273. The van der Waals surface area contributed by atoms with E-state index in [0.29, 0.717) is 5.56 Å². The molecule has 19 heavy (non-hydrogen) atoms. The highest BCUT2D eigenvalue weighted by Gasteiger charge is 2.19. The number of benzene rings is 1. The summed E-state index contributed by atoms with van der Waals surface area (Å²) in [5.41, 5.74) is 0.273. The van der Waals surface area contributed by atoms with Crippen LogP contribution in [0.2, 0.25) is 0 Å². The molecule has 8 heteroatoms. The smallest absolute Gasteiger partial charge is 0.269 e. The van der Waals surface area contributed by atoms with Crippen molar-refractivity contribution in [1.82, 2.24) is 5.32 Å². The van der Waals surface area contributed by atoms with E-state index in [9.17, 15) is 14.9 Å². The number of nitro groups is 1. The molecule has 0 aliphatic heterocycles. The molecule has 0 aliphatic carbocycles. The van der Waals surface area contributed by atoms with Gasteiger partial charge in [0.15, 0.2) is 0 Å². The van der Waals surface area contributed by atoms with Crippen LogP contribution < -0.4 is 5.32 Å². The quantitative estimate of drug-likeness (QED) is 0.305. The van der Waals surface area contributed by atoms with E-state index in [1.54, 1.807) is 0 Å². The largest absolute Gasteiger partial charge is 0.411 e. The van der Waals surface area contributed by atoms with Gasteiger partial charge in [-0.15, -0.1) is 0 Å². The predicted octanol–water partition coefficient (Wildman–Crippen LogP) is 0.270. The number of hydrogen-bond donors (Lipinski definition) is 3. The van der Waals surface area contributed by atoms with Gasteiger partial charge in [0, 0.05) is 24.6 Å². The van der Waals surface area contributed by atoms with Crippen LogP contribution in [0.25, 0.3) is 0 Å². The molecule has 1 atom stereocenters. The third-order valence-corrected chi connectivity index (χ3v) is 2.37. The van der Waals surface area contributed by atoms with Gasteiger partial charge >= 0.3 is 0 Å². The number of amides is 1. The molecule has 1 unspecified atom stereocenters. The van der Waals surface area contributed by atoms with Crippen LogP contribution in [0.3, 0.4) is 0 Å². The second-order valence-electron chi connectivity index (χ2n) is 3.72.